The van der Waals surface area contributed by atoms with Gasteiger partial charge in [0.2, 0.25) is 5.91 Å². The Morgan fingerprint density at radius 2 is 2.17 bits per heavy atom. The Morgan fingerprint density at radius 1 is 1.45 bits per heavy atom. The average Bonchev–Trinajstić information content (AvgIpc) is 3.24. The van der Waals surface area contributed by atoms with E-state index in [9.17, 15) is 19.5 Å². The van der Waals surface area contributed by atoms with Crippen LogP contribution in [-0.2, 0) is 25.7 Å². The molecule has 3 aliphatic rings. The van der Waals surface area contributed by atoms with Gasteiger partial charge in [-0.3, -0.25) is 19.5 Å². The molecule has 0 bridgehead atoms. The molecule has 1 aromatic carbocycles. The van der Waals surface area contributed by atoms with E-state index in [1.165, 1.54) is 17.8 Å². The van der Waals surface area contributed by atoms with Gasteiger partial charge in [-0.2, -0.15) is 0 Å². The van der Waals surface area contributed by atoms with Crippen molar-refractivity contribution < 1.29 is 28.6 Å². The molecule has 4 atom stereocenters. The van der Waals surface area contributed by atoms with Crippen LogP contribution in [-0.4, -0.2) is 64.2 Å². The summed E-state index contributed by atoms with van der Waals surface area (Å²) >= 11 is 1.49. The van der Waals surface area contributed by atoms with Crippen LogP contribution < -0.4 is 11.1 Å². The van der Waals surface area contributed by atoms with Gasteiger partial charge in [-0.25, -0.2) is 9.18 Å². The number of nitrogens with one attached hydrogen (secondary N) is 1. The molecule has 2 aromatic rings. The van der Waals surface area contributed by atoms with Crippen LogP contribution in [0.15, 0.2) is 22.1 Å². The minimum Gasteiger partial charge on any atom is -0.458 e. The number of hydrogen-bond donors (Lipinski definition) is 3. The number of ether oxygens (including phenoxy) is 1. The monoisotopic (exact) mass is 570 g/mol. The number of amides is 1. The van der Waals surface area contributed by atoms with Gasteiger partial charge in [-0.05, 0) is 55.0 Å². The molecule has 40 heavy (non-hydrogen) atoms. The fraction of sp³-hybridized carbons (Fsp3) is 0.517. The Balaban J connectivity index is 1.67. The van der Waals surface area contributed by atoms with Gasteiger partial charge in [0.15, 0.2) is 5.60 Å². The van der Waals surface area contributed by atoms with Crippen LogP contribution in [0.4, 0.5) is 4.39 Å². The summed E-state index contributed by atoms with van der Waals surface area (Å²) in [5.74, 6) is -0.920. The van der Waals surface area contributed by atoms with Gasteiger partial charge in [0.25, 0.3) is 0 Å². The highest BCUT2D eigenvalue weighted by Crippen LogP contribution is 2.49. The summed E-state index contributed by atoms with van der Waals surface area (Å²) in [7, 11) is 1.91. The van der Waals surface area contributed by atoms with E-state index in [-0.39, 0.29) is 48.7 Å². The molecule has 0 saturated carbocycles. The van der Waals surface area contributed by atoms with Crippen LogP contribution in [0, 0.1) is 18.7 Å². The number of thioether (sulfide) groups is 1. The number of aliphatic hydroxyl groups is 1. The van der Waals surface area contributed by atoms with E-state index in [1.807, 2.05) is 25.8 Å². The smallest absolute Gasteiger partial charge is 0.342 e. The molecule has 0 saturated heterocycles. The van der Waals surface area contributed by atoms with Gasteiger partial charge < -0.3 is 20.9 Å². The van der Waals surface area contributed by atoms with Crippen LogP contribution in [0.5, 0.6) is 0 Å². The molecule has 214 valence electrons. The van der Waals surface area contributed by atoms with Gasteiger partial charge in [0, 0.05) is 34.2 Å². The Bertz CT molecular complexity index is 1460. The third-order valence-corrected chi connectivity index (χ3v) is 9.86. The third-order valence-electron chi connectivity index (χ3n) is 8.56. The van der Waals surface area contributed by atoms with Crippen molar-refractivity contribution in [3.8, 4) is 0 Å². The number of carbonyl (C=O) groups is 3. The van der Waals surface area contributed by atoms with E-state index >= 15 is 4.39 Å². The molecular formula is C29H35FN4O5S. The van der Waals surface area contributed by atoms with E-state index in [4.69, 9.17) is 15.5 Å². The van der Waals surface area contributed by atoms with Crippen molar-refractivity contribution in [2.45, 2.75) is 75.7 Å². The first-order chi connectivity index (χ1) is 18.9. The van der Waals surface area contributed by atoms with E-state index in [1.54, 1.807) is 13.8 Å². The minimum atomic E-state index is -1.92. The molecule has 1 aromatic heterocycles. The van der Waals surface area contributed by atoms with Crippen LogP contribution in [0.2, 0.25) is 0 Å². The highest BCUT2D eigenvalue weighted by molar-refractivity contribution is 7.99. The first-order valence-corrected chi connectivity index (χ1v) is 14.5. The Labute approximate surface area is 236 Å². The van der Waals surface area contributed by atoms with Crippen molar-refractivity contribution in [2.24, 2.45) is 11.7 Å². The fourth-order valence-electron chi connectivity index (χ4n) is 6.00. The SMILES string of the molecule is CC[C@@]1(O)C(=O)OCC(C=O)=C1CC1c2nc3cc(F)c(C)c4c3c(c2CN1C)[C@H](NC(=O)[C@@H](N)C(C)C)CS4. The van der Waals surface area contributed by atoms with E-state index in [0.29, 0.717) is 40.9 Å². The number of nitrogens with two attached hydrogens (primary N) is 1. The minimum absolute atomic E-state index is 0.0432. The zero-order chi connectivity index (χ0) is 29.1. The van der Waals surface area contributed by atoms with Gasteiger partial charge in [0.1, 0.15) is 18.7 Å². The number of pyridine rings is 1. The van der Waals surface area contributed by atoms with Crippen molar-refractivity contribution in [3.05, 3.63) is 45.4 Å². The molecule has 0 spiro atoms. The second kappa shape index (κ2) is 10.5. The maximum Gasteiger partial charge on any atom is 0.342 e. The lowest BCUT2D eigenvalue weighted by molar-refractivity contribution is -0.163. The molecule has 0 radical (unpaired) electrons. The predicted molar refractivity (Wildman–Crippen MR) is 149 cm³/mol. The number of cyclic esters (lactones) is 1. The normalized spacial score (nSPS) is 25.3. The third kappa shape index (κ3) is 4.43. The van der Waals surface area contributed by atoms with Gasteiger partial charge in [-0.1, -0.05) is 20.8 Å². The number of aromatic nitrogens is 1. The highest BCUT2D eigenvalue weighted by Gasteiger charge is 2.47. The quantitative estimate of drug-likeness (QED) is 0.339. The Kier molecular flexibility index (Phi) is 7.54. The number of aldehydes is 1. The van der Waals surface area contributed by atoms with Crippen molar-refractivity contribution in [1.29, 1.82) is 0 Å². The first kappa shape index (κ1) is 28.7. The average molecular weight is 571 g/mol. The van der Waals surface area contributed by atoms with E-state index in [0.717, 1.165) is 21.4 Å². The maximum atomic E-state index is 15.1. The molecule has 0 aliphatic carbocycles. The molecule has 0 fully saturated rings. The largest absolute Gasteiger partial charge is 0.458 e. The standard InChI is InChI=1S/C29H35FN4O5S/c1-6-29(38)17(15(10-35)11-39-28(29)37)7-21-25-16(9-34(21)5)22-20(33-27(36)24(31)13(2)3)12-40-26-14(4)18(30)8-19(32-25)23(22)26/h8,10,13,20-21,24,38H,6-7,9,11-12,31H2,1-5H3,(H,33,36)/t20-,21?,24+,29+/m1/s1. The fourth-order valence-corrected chi connectivity index (χ4v) is 7.26. The lowest BCUT2D eigenvalue weighted by Gasteiger charge is -2.35. The maximum absolute atomic E-state index is 15.1. The molecule has 1 amide bonds. The summed E-state index contributed by atoms with van der Waals surface area (Å²) < 4.78 is 20.2. The number of halogens is 1. The molecule has 4 heterocycles. The predicted octanol–water partition coefficient (Wildman–Crippen LogP) is 3.00. The topological polar surface area (TPSA) is 135 Å². The van der Waals surface area contributed by atoms with Crippen LogP contribution >= 0.6 is 11.8 Å². The molecule has 1 unspecified atom stereocenters. The molecule has 3 aliphatic heterocycles. The number of carbonyl (C=O) groups excluding carboxylic acids is 3. The number of fused-ring (bicyclic) bond motifs is 2. The van der Waals surface area contributed by atoms with Crippen molar-refractivity contribution in [3.63, 3.8) is 0 Å². The number of benzene rings is 1. The van der Waals surface area contributed by atoms with Crippen LogP contribution in [0.1, 0.15) is 68.1 Å². The molecule has 5 rings (SSSR count). The van der Waals surface area contributed by atoms with Crippen molar-refractivity contribution in [1.82, 2.24) is 15.2 Å². The molecule has 11 heteroatoms. The lowest BCUT2D eigenvalue weighted by atomic mass is 9.81. The summed E-state index contributed by atoms with van der Waals surface area (Å²) in [4.78, 5) is 45.4. The number of esters is 1. The highest BCUT2D eigenvalue weighted by atomic mass is 32.2. The van der Waals surface area contributed by atoms with Crippen LogP contribution in [0.3, 0.4) is 0 Å². The number of hydrogen-bond acceptors (Lipinski definition) is 9. The number of rotatable bonds is 7. The van der Waals surface area contributed by atoms with Crippen molar-refractivity contribution in [2.75, 3.05) is 19.4 Å². The first-order valence-electron chi connectivity index (χ1n) is 13.5. The summed E-state index contributed by atoms with van der Waals surface area (Å²) in [6.45, 7) is 7.48. The second-order valence-corrected chi connectivity index (χ2v) is 12.3. The summed E-state index contributed by atoms with van der Waals surface area (Å²) in [5.41, 5.74) is 8.32. The lowest BCUT2D eigenvalue weighted by Crippen LogP contribution is -2.46. The van der Waals surface area contributed by atoms with Gasteiger partial charge in [0.05, 0.1) is 29.3 Å². The zero-order valence-electron chi connectivity index (χ0n) is 23.3. The number of nitrogens with zero attached hydrogens (tertiary/aromatic N) is 2. The molecule has 4 N–H and O–H groups in total. The van der Waals surface area contributed by atoms with Gasteiger partial charge >= 0.3 is 5.97 Å². The van der Waals surface area contributed by atoms with Gasteiger partial charge in [-0.15, -0.1) is 11.8 Å². The summed E-state index contributed by atoms with van der Waals surface area (Å²) in [6.07, 6.45) is 0.842. The Hall–Kier alpha value is -2.86. The van der Waals surface area contributed by atoms with E-state index < -0.39 is 23.7 Å². The summed E-state index contributed by atoms with van der Waals surface area (Å²) in [5, 5.41) is 15.2. The van der Waals surface area contributed by atoms with Crippen LogP contribution in [0.25, 0.3) is 10.9 Å². The van der Waals surface area contributed by atoms with Crippen molar-refractivity contribution >= 4 is 40.8 Å². The Morgan fingerprint density at radius 3 is 2.83 bits per heavy atom. The summed E-state index contributed by atoms with van der Waals surface area (Å²) in [6, 6.07) is -0.0167. The zero-order valence-corrected chi connectivity index (χ0v) is 24.2. The van der Waals surface area contributed by atoms with E-state index in [2.05, 4.69) is 5.32 Å². The second-order valence-electron chi connectivity index (χ2n) is 11.3. The molecular weight excluding hydrogens is 535 g/mol. The molecule has 9 nitrogen and oxygen atoms in total.